The number of urea groups is 1. The highest BCUT2D eigenvalue weighted by molar-refractivity contribution is 6.08. The molecule has 2 heterocycles. The molecule has 8 heteroatoms. The minimum atomic E-state index is -0.900. The summed E-state index contributed by atoms with van der Waals surface area (Å²) in [5, 5.41) is 6.28. The number of para-hydroxylation sites is 1. The Balaban J connectivity index is 1.43. The summed E-state index contributed by atoms with van der Waals surface area (Å²) < 4.78 is 5.28. The van der Waals surface area contributed by atoms with Crippen molar-refractivity contribution in [2.45, 2.75) is 19.0 Å². The molecule has 1 aliphatic rings. The lowest BCUT2D eigenvalue weighted by molar-refractivity contribution is -0.130. The van der Waals surface area contributed by atoms with Gasteiger partial charge in [0.1, 0.15) is 11.8 Å². The summed E-state index contributed by atoms with van der Waals surface area (Å²) >= 11 is 0. The normalized spacial score (nSPS) is 16.2. The van der Waals surface area contributed by atoms with Gasteiger partial charge in [0.05, 0.1) is 25.8 Å². The van der Waals surface area contributed by atoms with Crippen LogP contribution in [0.25, 0.3) is 10.9 Å². The Kier molecular flexibility index (Phi) is 4.90. The molecule has 0 saturated carbocycles. The van der Waals surface area contributed by atoms with Gasteiger partial charge in [-0.25, -0.2) is 4.79 Å². The van der Waals surface area contributed by atoms with Crippen molar-refractivity contribution in [1.82, 2.24) is 15.2 Å². The van der Waals surface area contributed by atoms with Gasteiger partial charge in [0.25, 0.3) is 5.91 Å². The van der Waals surface area contributed by atoms with Crippen molar-refractivity contribution in [1.29, 1.82) is 0 Å². The molecule has 3 N–H and O–H groups in total. The van der Waals surface area contributed by atoms with Crippen LogP contribution in [0.5, 0.6) is 5.75 Å². The first-order chi connectivity index (χ1) is 14.1. The van der Waals surface area contributed by atoms with Gasteiger partial charge in [-0.2, -0.15) is 0 Å². The van der Waals surface area contributed by atoms with Gasteiger partial charge in [0.15, 0.2) is 0 Å². The highest BCUT2D eigenvalue weighted by Gasteiger charge is 2.39. The Labute approximate surface area is 166 Å². The topological polar surface area (TPSA) is 104 Å². The number of carbonyl (C=O) groups excluding carboxylic acids is 3. The monoisotopic (exact) mass is 392 g/mol. The second kappa shape index (κ2) is 7.67. The molecule has 1 fully saturated rings. The van der Waals surface area contributed by atoms with Crippen LogP contribution in [0.4, 0.5) is 10.5 Å². The number of H-pyrrole nitrogens is 1. The summed E-state index contributed by atoms with van der Waals surface area (Å²) in [6.45, 7) is 0.0788. The van der Waals surface area contributed by atoms with Crippen molar-refractivity contribution in [3.05, 3.63) is 60.3 Å². The van der Waals surface area contributed by atoms with E-state index in [0.717, 1.165) is 15.8 Å². The number of fused-ring (bicyclic) bond motifs is 1. The number of hydrogen-bond acceptors (Lipinski definition) is 4. The number of hydrogen-bond donors (Lipinski definition) is 3. The average Bonchev–Trinajstić information content (AvgIpc) is 3.29. The zero-order valence-electron chi connectivity index (χ0n) is 15.8. The number of methoxy groups -OCH3 is 1. The van der Waals surface area contributed by atoms with Gasteiger partial charge >= 0.3 is 6.03 Å². The molecule has 29 heavy (non-hydrogen) atoms. The van der Waals surface area contributed by atoms with E-state index in [1.54, 1.807) is 24.4 Å². The Morgan fingerprint density at radius 1 is 1.14 bits per heavy atom. The van der Waals surface area contributed by atoms with Crippen molar-refractivity contribution in [3.63, 3.8) is 0 Å². The number of amides is 4. The fourth-order valence-electron chi connectivity index (χ4n) is 3.45. The van der Waals surface area contributed by atoms with E-state index < -0.39 is 18.0 Å². The number of benzene rings is 2. The summed E-state index contributed by atoms with van der Waals surface area (Å²) in [6.07, 6.45) is 1.64. The second-order valence-corrected chi connectivity index (χ2v) is 6.74. The SMILES string of the molecule is COc1ccccc1CN1C(=O)N[C@@H](CC(=O)Nc2cccc3[nH]ccc23)C1=O. The first kappa shape index (κ1) is 18.5. The Bertz CT molecular complexity index is 1090. The van der Waals surface area contributed by atoms with Crippen molar-refractivity contribution in [3.8, 4) is 5.75 Å². The Morgan fingerprint density at radius 2 is 1.97 bits per heavy atom. The lowest BCUT2D eigenvalue weighted by Gasteiger charge is -2.15. The number of nitrogens with one attached hydrogen (secondary N) is 3. The van der Waals surface area contributed by atoms with Gasteiger partial charge in [-0.15, -0.1) is 0 Å². The maximum absolute atomic E-state index is 12.7. The number of ether oxygens (including phenoxy) is 1. The Hall–Kier alpha value is -3.81. The maximum atomic E-state index is 12.7. The molecule has 0 spiro atoms. The molecule has 1 atom stereocenters. The molecule has 148 valence electrons. The first-order valence-electron chi connectivity index (χ1n) is 9.16. The van der Waals surface area contributed by atoms with E-state index in [2.05, 4.69) is 15.6 Å². The minimum absolute atomic E-state index is 0.0788. The molecule has 4 amide bonds. The van der Waals surface area contributed by atoms with Gasteiger partial charge in [0, 0.05) is 22.7 Å². The van der Waals surface area contributed by atoms with Crippen LogP contribution in [0.1, 0.15) is 12.0 Å². The molecule has 8 nitrogen and oxygen atoms in total. The summed E-state index contributed by atoms with van der Waals surface area (Å²) in [4.78, 5) is 41.7. The second-order valence-electron chi connectivity index (χ2n) is 6.74. The molecule has 4 rings (SSSR count). The molecule has 0 unspecified atom stereocenters. The predicted molar refractivity (Wildman–Crippen MR) is 107 cm³/mol. The number of rotatable bonds is 6. The first-order valence-corrected chi connectivity index (χ1v) is 9.16. The quantitative estimate of drug-likeness (QED) is 0.561. The van der Waals surface area contributed by atoms with Gasteiger partial charge in [0.2, 0.25) is 5.91 Å². The van der Waals surface area contributed by atoms with Crippen molar-refractivity contribution < 1.29 is 19.1 Å². The molecular weight excluding hydrogens is 372 g/mol. The third-order valence-electron chi connectivity index (χ3n) is 4.89. The molecule has 0 radical (unpaired) electrons. The van der Waals surface area contributed by atoms with E-state index in [1.807, 2.05) is 30.3 Å². The zero-order valence-corrected chi connectivity index (χ0v) is 15.8. The summed E-state index contributed by atoms with van der Waals surface area (Å²) in [7, 11) is 1.53. The van der Waals surface area contributed by atoms with E-state index in [4.69, 9.17) is 4.74 Å². The van der Waals surface area contributed by atoms with E-state index in [1.165, 1.54) is 7.11 Å². The fraction of sp³-hybridized carbons (Fsp3) is 0.190. The molecular formula is C21H20N4O4. The third-order valence-corrected chi connectivity index (χ3v) is 4.89. The number of anilines is 1. The molecule has 3 aromatic rings. The van der Waals surface area contributed by atoms with Crippen molar-refractivity contribution >= 4 is 34.4 Å². The van der Waals surface area contributed by atoms with Gasteiger partial charge < -0.3 is 20.4 Å². The van der Waals surface area contributed by atoms with Gasteiger partial charge in [-0.1, -0.05) is 24.3 Å². The van der Waals surface area contributed by atoms with Gasteiger partial charge in [-0.3, -0.25) is 14.5 Å². The highest BCUT2D eigenvalue weighted by Crippen LogP contribution is 2.24. The number of aromatic nitrogens is 1. The van der Waals surface area contributed by atoms with E-state index in [-0.39, 0.29) is 18.9 Å². The van der Waals surface area contributed by atoms with E-state index in [9.17, 15) is 14.4 Å². The van der Waals surface area contributed by atoms with Crippen LogP contribution in [0, 0.1) is 0 Å². The summed E-state index contributed by atoms with van der Waals surface area (Å²) in [5.41, 5.74) is 2.26. The standard InChI is InChI=1S/C21H20N4O4/c1-29-18-8-3-2-5-13(18)12-25-20(27)17(24-21(25)28)11-19(26)23-16-7-4-6-15-14(16)9-10-22-15/h2-10,17,22H,11-12H2,1H3,(H,23,26)(H,24,28)/t17-/m0/s1. The number of aromatic amines is 1. The summed E-state index contributed by atoms with van der Waals surface area (Å²) in [5.74, 6) is -0.193. The van der Waals surface area contributed by atoms with E-state index >= 15 is 0 Å². The fourth-order valence-corrected chi connectivity index (χ4v) is 3.45. The van der Waals surface area contributed by atoms with Crippen LogP contribution in [-0.4, -0.2) is 40.9 Å². The van der Waals surface area contributed by atoms with Crippen LogP contribution < -0.4 is 15.4 Å². The number of nitrogens with zero attached hydrogens (tertiary/aromatic N) is 1. The molecule has 1 saturated heterocycles. The predicted octanol–water partition coefficient (Wildman–Crippen LogP) is 2.63. The van der Waals surface area contributed by atoms with Crippen molar-refractivity contribution in [2.75, 3.05) is 12.4 Å². The number of carbonyl (C=O) groups is 3. The van der Waals surface area contributed by atoms with Crippen LogP contribution in [-0.2, 0) is 16.1 Å². The number of imide groups is 1. The average molecular weight is 392 g/mol. The minimum Gasteiger partial charge on any atom is -0.496 e. The summed E-state index contributed by atoms with van der Waals surface area (Å²) in [6, 6.07) is 13.1. The molecule has 1 aliphatic heterocycles. The lowest BCUT2D eigenvalue weighted by Crippen LogP contribution is -2.34. The Morgan fingerprint density at radius 3 is 2.79 bits per heavy atom. The van der Waals surface area contributed by atoms with E-state index in [0.29, 0.717) is 17.0 Å². The van der Waals surface area contributed by atoms with Crippen LogP contribution in [0.3, 0.4) is 0 Å². The van der Waals surface area contributed by atoms with Gasteiger partial charge in [-0.05, 0) is 24.3 Å². The highest BCUT2D eigenvalue weighted by atomic mass is 16.5. The van der Waals surface area contributed by atoms with Crippen molar-refractivity contribution in [2.24, 2.45) is 0 Å². The largest absolute Gasteiger partial charge is 0.496 e. The van der Waals surface area contributed by atoms with Crippen LogP contribution >= 0.6 is 0 Å². The third kappa shape index (κ3) is 3.64. The van der Waals surface area contributed by atoms with Crippen LogP contribution in [0.15, 0.2) is 54.7 Å². The smallest absolute Gasteiger partial charge is 0.325 e. The molecule has 0 bridgehead atoms. The molecule has 0 aliphatic carbocycles. The van der Waals surface area contributed by atoms with Crippen LogP contribution in [0.2, 0.25) is 0 Å². The maximum Gasteiger partial charge on any atom is 0.325 e. The lowest BCUT2D eigenvalue weighted by atomic mass is 10.1. The zero-order chi connectivity index (χ0) is 20.4. The molecule has 1 aromatic heterocycles. The molecule has 2 aromatic carbocycles.